The van der Waals surface area contributed by atoms with Crippen molar-refractivity contribution in [3.8, 4) is 0 Å². The number of alkyl carbamates (subject to hydrolysis) is 1. The molecule has 0 radical (unpaired) electrons. The molecule has 0 spiro atoms. The van der Waals surface area contributed by atoms with Crippen LogP contribution in [0.5, 0.6) is 0 Å². The van der Waals surface area contributed by atoms with Crippen LogP contribution in [0.4, 0.5) is 4.79 Å². The van der Waals surface area contributed by atoms with Crippen LogP contribution in [0.1, 0.15) is 61.8 Å². The van der Waals surface area contributed by atoms with Crippen LogP contribution in [0.3, 0.4) is 0 Å². The highest BCUT2D eigenvalue weighted by atomic mass is 16.6. The van der Waals surface area contributed by atoms with Gasteiger partial charge in [0.2, 0.25) is 17.7 Å². The zero-order valence-electron chi connectivity index (χ0n) is 18.2. The molecule has 162 valence electrons. The fourth-order valence-electron chi connectivity index (χ4n) is 2.29. The molecule has 5 N–H and O–H groups in total. The zero-order chi connectivity index (χ0) is 22.2. The summed E-state index contributed by atoms with van der Waals surface area (Å²) in [7, 11) is 0. The number of amides is 4. The summed E-state index contributed by atoms with van der Waals surface area (Å²) >= 11 is 0. The molecule has 0 aromatic carbocycles. The molecule has 4 amide bonds. The number of carbonyl (C=O) groups is 4. The van der Waals surface area contributed by atoms with Crippen LogP contribution >= 0.6 is 0 Å². The minimum atomic E-state index is -0.888. The average Bonchev–Trinajstić information content (AvgIpc) is 2.54. The summed E-state index contributed by atoms with van der Waals surface area (Å²) in [5, 5.41) is 7.74. The highest BCUT2D eigenvalue weighted by molar-refractivity contribution is 5.93. The van der Waals surface area contributed by atoms with Crippen molar-refractivity contribution >= 4 is 23.8 Å². The van der Waals surface area contributed by atoms with Gasteiger partial charge in [-0.2, -0.15) is 0 Å². The Hall–Kier alpha value is -2.32. The fourth-order valence-corrected chi connectivity index (χ4v) is 2.29. The van der Waals surface area contributed by atoms with Gasteiger partial charge in [0.1, 0.15) is 23.7 Å². The Balaban J connectivity index is 5.30. The lowest BCUT2D eigenvalue weighted by molar-refractivity contribution is -0.133. The van der Waals surface area contributed by atoms with E-state index in [0.29, 0.717) is 6.42 Å². The van der Waals surface area contributed by atoms with Gasteiger partial charge in [-0.25, -0.2) is 4.79 Å². The Morgan fingerprint density at radius 3 is 1.79 bits per heavy atom. The molecule has 4 atom stereocenters. The summed E-state index contributed by atoms with van der Waals surface area (Å²) in [6, 6.07) is -2.63. The van der Waals surface area contributed by atoms with E-state index in [9.17, 15) is 19.2 Å². The molecule has 0 aromatic rings. The van der Waals surface area contributed by atoms with Crippen LogP contribution in [0.25, 0.3) is 0 Å². The summed E-state index contributed by atoms with van der Waals surface area (Å²) in [4.78, 5) is 48.6. The molecule has 0 bridgehead atoms. The minimum Gasteiger partial charge on any atom is -0.444 e. The Morgan fingerprint density at radius 2 is 1.39 bits per heavy atom. The lowest BCUT2D eigenvalue weighted by Crippen LogP contribution is -2.58. The van der Waals surface area contributed by atoms with Crippen molar-refractivity contribution in [1.82, 2.24) is 16.0 Å². The average molecular weight is 401 g/mol. The summed E-state index contributed by atoms with van der Waals surface area (Å²) < 4.78 is 5.23. The predicted molar refractivity (Wildman–Crippen MR) is 106 cm³/mol. The lowest BCUT2D eigenvalue weighted by atomic mass is 9.96. The normalized spacial score (nSPS) is 15.8. The standard InChI is InChI=1S/C19H36N4O5/c1-9-11(4)14(23-18(27)28-19(6,7)8)17(26)22-13(10(2)3)16(25)21-12(5)15(20)24/h10-14H,9H2,1-8H3,(H2,20,24)(H,21,25)(H,22,26)(H,23,27)/t11-,12-,13-,14-/m0/s1. The quantitative estimate of drug-likeness (QED) is 0.458. The predicted octanol–water partition coefficient (Wildman–Crippen LogP) is 1.06. The molecular weight excluding hydrogens is 364 g/mol. The summed E-state index contributed by atoms with van der Waals surface area (Å²) in [6.45, 7) is 13.9. The number of hydrogen-bond acceptors (Lipinski definition) is 5. The number of primary amides is 1. The van der Waals surface area contributed by atoms with E-state index in [2.05, 4.69) is 16.0 Å². The SMILES string of the molecule is CC[C@H](C)[C@H](NC(=O)OC(C)(C)C)C(=O)N[C@H](C(=O)N[C@@H](C)C(N)=O)C(C)C. The van der Waals surface area contributed by atoms with Gasteiger partial charge < -0.3 is 26.4 Å². The molecule has 0 aliphatic rings. The van der Waals surface area contributed by atoms with Crippen molar-refractivity contribution in [1.29, 1.82) is 0 Å². The second kappa shape index (κ2) is 10.9. The molecule has 0 unspecified atom stereocenters. The highest BCUT2D eigenvalue weighted by Crippen LogP contribution is 2.12. The Morgan fingerprint density at radius 1 is 0.893 bits per heavy atom. The van der Waals surface area contributed by atoms with Gasteiger partial charge in [0, 0.05) is 0 Å². The Bertz CT molecular complexity index is 571. The fraction of sp³-hybridized carbons (Fsp3) is 0.789. The van der Waals surface area contributed by atoms with Crippen LogP contribution in [0.15, 0.2) is 0 Å². The van der Waals surface area contributed by atoms with Crippen molar-refractivity contribution < 1.29 is 23.9 Å². The molecule has 9 nitrogen and oxygen atoms in total. The van der Waals surface area contributed by atoms with Crippen LogP contribution in [-0.4, -0.2) is 47.5 Å². The van der Waals surface area contributed by atoms with Gasteiger partial charge in [-0.15, -0.1) is 0 Å². The number of hydrogen-bond donors (Lipinski definition) is 4. The second-order valence-corrected chi connectivity index (χ2v) is 8.37. The van der Waals surface area contributed by atoms with Gasteiger partial charge >= 0.3 is 6.09 Å². The molecule has 0 aliphatic heterocycles. The van der Waals surface area contributed by atoms with Gasteiger partial charge in [0.15, 0.2) is 0 Å². The number of rotatable bonds is 9. The summed E-state index contributed by atoms with van der Waals surface area (Å²) in [6.07, 6.45) is -0.0775. The van der Waals surface area contributed by atoms with Crippen LogP contribution in [0.2, 0.25) is 0 Å². The Kier molecular flexibility index (Phi) is 9.97. The van der Waals surface area contributed by atoms with E-state index in [1.807, 2.05) is 13.8 Å². The van der Waals surface area contributed by atoms with E-state index in [1.165, 1.54) is 6.92 Å². The first-order chi connectivity index (χ1) is 12.7. The van der Waals surface area contributed by atoms with Gasteiger partial charge in [0.05, 0.1) is 0 Å². The monoisotopic (exact) mass is 400 g/mol. The molecule has 0 saturated carbocycles. The summed E-state index contributed by atoms with van der Waals surface area (Å²) in [5.41, 5.74) is 4.47. The first-order valence-corrected chi connectivity index (χ1v) is 9.59. The third kappa shape index (κ3) is 9.05. The van der Waals surface area contributed by atoms with Crippen molar-refractivity contribution in [2.24, 2.45) is 17.6 Å². The molecular formula is C19H36N4O5. The topological polar surface area (TPSA) is 140 Å². The van der Waals surface area contributed by atoms with Crippen LogP contribution in [-0.2, 0) is 19.1 Å². The minimum absolute atomic E-state index is 0.187. The number of nitrogens with one attached hydrogen (secondary N) is 3. The highest BCUT2D eigenvalue weighted by Gasteiger charge is 2.33. The van der Waals surface area contributed by atoms with Gasteiger partial charge in [-0.05, 0) is 39.5 Å². The van der Waals surface area contributed by atoms with Gasteiger partial charge in [-0.3, -0.25) is 14.4 Å². The zero-order valence-corrected chi connectivity index (χ0v) is 18.2. The largest absolute Gasteiger partial charge is 0.444 e. The van der Waals surface area contributed by atoms with E-state index >= 15 is 0 Å². The number of nitrogens with two attached hydrogens (primary N) is 1. The van der Waals surface area contributed by atoms with Crippen LogP contribution in [0, 0.1) is 11.8 Å². The number of ether oxygens (including phenoxy) is 1. The molecule has 9 heteroatoms. The van der Waals surface area contributed by atoms with Crippen molar-refractivity contribution in [3.63, 3.8) is 0 Å². The summed E-state index contributed by atoms with van der Waals surface area (Å²) in [5.74, 6) is -2.13. The molecule has 0 fully saturated rings. The van der Waals surface area contributed by atoms with E-state index in [0.717, 1.165) is 0 Å². The van der Waals surface area contributed by atoms with Crippen molar-refractivity contribution in [3.05, 3.63) is 0 Å². The van der Waals surface area contributed by atoms with Gasteiger partial charge in [0.25, 0.3) is 0 Å². The number of carbonyl (C=O) groups excluding carboxylic acids is 4. The molecule has 0 aliphatic carbocycles. The third-order valence-corrected chi connectivity index (χ3v) is 4.20. The maximum Gasteiger partial charge on any atom is 0.408 e. The first-order valence-electron chi connectivity index (χ1n) is 9.59. The van der Waals surface area contributed by atoms with E-state index < -0.39 is 47.5 Å². The van der Waals surface area contributed by atoms with Gasteiger partial charge in [-0.1, -0.05) is 34.1 Å². The smallest absolute Gasteiger partial charge is 0.408 e. The van der Waals surface area contributed by atoms with E-state index in [1.54, 1.807) is 34.6 Å². The lowest BCUT2D eigenvalue weighted by Gasteiger charge is -2.29. The molecule has 0 rings (SSSR count). The molecule has 0 saturated heterocycles. The molecule has 0 heterocycles. The van der Waals surface area contributed by atoms with Crippen LogP contribution < -0.4 is 21.7 Å². The van der Waals surface area contributed by atoms with E-state index in [-0.39, 0.29) is 11.8 Å². The third-order valence-electron chi connectivity index (χ3n) is 4.20. The van der Waals surface area contributed by atoms with Crippen molar-refractivity contribution in [2.45, 2.75) is 85.5 Å². The first kappa shape index (κ1) is 25.7. The maximum atomic E-state index is 12.8. The van der Waals surface area contributed by atoms with Crippen molar-refractivity contribution in [2.75, 3.05) is 0 Å². The second-order valence-electron chi connectivity index (χ2n) is 8.37. The van der Waals surface area contributed by atoms with E-state index in [4.69, 9.17) is 10.5 Å². The molecule has 28 heavy (non-hydrogen) atoms. The maximum absolute atomic E-state index is 12.8. The molecule has 0 aromatic heterocycles. The Labute approximate surface area is 167 Å².